The minimum absolute atomic E-state index is 0.00770. The van der Waals surface area contributed by atoms with Crippen LogP contribution in [-0.2, 0) is 25.6 Å². The third-order valence-electron chi connectivity index (χ3n) is 11.1. The van der Waals surface area contributed by atoms with Gasteiger partial charge in [-0.1, -0.05) is 78.9 Å². The number of nitrogens with one attached hydrogen (secondary N) is 4. The molecule has 16 heteroatoms. The van der Waals surface area contributed by atoms with Gasteiger partial charge in [0.05, 0.1) is 6.07 Å². The van der Waals surface area contributed by atoms with Crippen molar-refractivity contribution < 1.29 is 33.4 Å². The summed E-state index contributed by atoms with van der Waals surface area (Å²) in [5, 5.41) is 19.9. The largest absolute Gasteiger partial charge is 0.492 e. The van der Waals surface area contributed by atoms with Crippen LogP contribution in [-0.4, -0.2) is 99.0 Å². The lowest BCUT2D eigenvalue weighted by molar-refractivity contribution is -0.141. The number of benzene rings is 5. The standard InChI is InChI=1S/C50H55N9O7/c1-31-46(60)58-42(48(62)55-25-22-52)29-32-8-18-43(65-26-23-53)39(28-32)40-30-38(17-19-44(40)66-27-24-54)45(49(63)56-31)59(2)50(64)41(20-21-51)57-47(61)37-15-13-36(14-16-37)35-11-9-34(10-12-35)33-6-4-3-5-7-33/h3-19,28,30-31,41-42,45H,20-21,23-27,29,51,53-54H2,1-2H3,(H,55,62)(H,56,63)(H,57,61)(H,58,60)/t31-,41-,42-,45-/m0/s1. The first-order chi connectivity index (χ1) is 32.0. The number of hydrogen-bond acceptors (Lipinski definition) is 11. The van der Waals surface area contributed by atoms with Crippen LogP contribution in [0.2, 0.25) is 0 Å². The zero-order valence-electron chi connectivity index (χ0n) is 36.9. The predicted molar refractivity (Wildman–Crippen MR) is 251 cm³/mol. The van der Waals surface area contributed by atoms with Crippen molar-refractivity contribution in [3.05, 3.63) is 132 Å². The zero-order valence-corrected chi connectivity index (χ0v) is 36.9. The van der Waals surface area contributed by atoms with Crippen LogP contribution in [0, 0.1) is 11.3 Å². The van der Waals surface area contributed by atoms with Gasteiger partial charge < -0.3 is 52.8 Å². The normalized spacial score (nSPS) is 16.3. The van der Waals surface area contributed by atoms with Gasteiger partial charge in [-0.2, -0.15) is 5.26 Å². The van der Waals surface area contributed by atoms with E-state index < -0.39 is 53.7 Å². The van der Waals surface area contributed by atoms with Crippen molar-refractivity contribution in [2.24, 2.45) is 17.2 Å². The fourth-order valence-corrected chi connectivity index (χ4v) is 7.67. The van der Waals surface area contributed by atoms with E-state index in [4.69, 9.17) is 31.9 Å². The molecule has 5 aromatic rings. The Morgan fingerprint density at radius 3 is 1.92 bits per heavy atom. The molecular formula is C50H55N9O7. The van der Waals surface area contributed by atoms with Gasteiger partial charge in [-0.3, -0.25) is 24.0 Å². The summed E-state index contributed by atoms with van der Waals surface area (Å²) in [5.41, 5.74) is 23.9. The Balaban J connectivity index is 1.34. The minimum Gasteiger partial charge on any atom is -0.492 e. The molecule has 0 radical (unpaired) electrons. The molecule has 4 atom stereocenters. The lowest BCUT2D eigenvalue weighted by atomic mass is 9.93. The number of amides is 5. The average Bonchev–Trinajstić information content (AvgIpc) is 3.34. The van der Waals surface area contributed by atoms with E-state index in [1.807, 2.05) is 72.8 Å². The van der Waals surface area contributed by atoms with E-state index in [0.717, 1.165) is 22.3 Å². The lowest BCUT2D eigenvalue weighted by Gasteiger charge is -2.32. The Kier molecular flexibility index (Phi) is 16.6. The molecule has 16 nitrogen and oxygen atoms in total. The van der Waals surface area contributed by atoms with Gasteiger partial charge in [0.2, 0.25) is 23.6 Å². The lowest BCUT2D eigenvalue weighted by Crippen LogP contribution is -2.56. The summed E-state index contributed by atoms with van der Waals surface area (Å²) in [6.45, 7) is 1.87. The van der Waals surface area contributed by atoms with Crippen molar-refractivity contribution in [1.82, 2.24) is 26.2 Å². The second kappa shape index (κ2) is 22.9. The number of hydrogen-bond donors (Lipinski definition) is 7. The molecule has 0 fully saturated rings. The third-order valence-corrected chi connectivity index (χ3v) is 11.1. The van der Waals surface area contributed by atoms with Crippen molar-refractivity contribution in [2.45, 2.75) is 43.9 Å². The molecule has 5 aromatic carbocycles. The quantitative estimate of drug-likeness (QED) is 0.0708. The maximum atomic E-state index is 14.6. The van der Waals surface area contributed by atoms with Gasteiger partial charge in [0, 0.05) is 43.2 Å². The van der Waals surface area contributed by atoms with Crippen molar-refractivity contribution >= 4 is 29.5 Å². The molecule has 0 spiro atoms. The number of fused-ring (bicyclic) bond motifs is 5. The fraction of sp³-hybridized carbons (Fsp3) is 0.280. The summed E-state index contributed by atoms with van der Waals surface area (Å²) < 4.78 is 12.2. The van der Waals surface area contributed by atoms with Crippen LogP contribution in [0.5, 0.6) is 11.5 Å². The Bertz CT molecular complexity index is 2550. The van der Waals surface area contributed by atoms with E-state index in [0.29, 0.717) is 39.3 Å². The van der Waals surface area contributed by atoms with E-state index in [9.17, 15) is 24.0 Å². The van der Waals surface area contributed by atoms with Crippen LogP contribution in [0.3, 0.4) is 0 Å². The van der Waals surface area contributed by atoms with Crippen LogP contribution in [0.4, 0.5) is 0 Å². The monoisotopic (exact) mass is 893 g/mol. The van der Waals surface area contributed by atoms with E-state index in [-0.39, 0.29) is 52.2 Å². The number of nitrogens with zero attached hydrogens (tertiary/aromatic N) is 2. The molecule has 342 valence electrons. The molecule has 10 N–H and O–H groups in total. The maximum Gasteiger partial charge on any atom is 0.251 e. The summed E-state index contributed by atoms with van der Waals surface area (Å²) in [6.07, 6.45) is 0.0443. The van der Waals surface area contributed by atoms with Crippen LogP contribution in [0.15, 0.2) is 115 Å². The number of rotatable bonds is 16. The number of carbonyl (C=O) groups is 5. The molecule has 0 aliphatic carbocycles. The highest BCUT2D eigenvalue weighted by Gasteiger charge is 2.36. The van der Waals surface area contributed by atoms with Gasteiger partial charge in [-0.05, 0) is 89.7 Å². The predicted octanol–water partition coefficient (Wildman–Crippen LogP) is 3.19. The highest BCUT2D eigenvalue weighted by Crippen LogP contribution is 2.40. The number of nitriles is 1. The number of likely N-dealkylation sites (N-methyl/N-ethyl adjacent to an activating group) is 1. The number of nitrogens with two attached hydrogens (primary N) is 3. The Labute approximate surface area is 383 Å². The summed E-state index contributed by atoms with van der Waals surface area (Å²) in [5.74, 6) is -2.42. The molecule has 0 saturated heterocycles. The first kappa shape index (κ1) is 47.9. The molecule has 1 heterocycles. The first-order valence-corrected chi connectivity index (χ1v) is 21.7. The van der Waals surface area contributed by atoms with Gasteiger partial charge in [0.15, 0.2) is 0 Å². The van der Waals surface area contributed by atoms with E-state index in [1.165, 1.54) is 18.9 Å². The highest BCUT2D eigenvalue weighted by atomic mass is 16.5. The van der Waals surface area contributed by atoms with Crippen LogP contribution >= 0.6 is 0 Å². The molecular weight excluding hydrogens is 839 g/mol. The summed E-state index contributed by atoms with van der Waals surface area (Å²) >= 11 is 0. The zero-order chi connectivity index (χ0) is 47.2. The molecule has 6 rings (SSSR count). The fourth-order valence-electron chi connectivity index (χ4n) is 7.67. The van der Waals surface area contributed by atoms with Crippen LogP contribution in [0.1, 0.15) is 40.9 Å². The molecule has 0 unspecified atom stereocenters. The van der Waals surface area contributed by atoms with Crippen molar-refractivity contribution in [1.29, 1.82) is 5.26 Å². The Morgan fingerprint density at radius 2 is 1.33 bits per heavy atom. The smallest absolute Gasteiger partial charge is 0.251 e. The Morgan fingerprint density at radius 1 is 0.758 bits per heavy atom. The van der Waals surface area contributed by atoms with Gasteiger partial charge in [0.1, 0.15) is 55.4 Å². The molecule has 1 aliphatic heterocycles. The van der Waals surface area contributed by atoms with E-state index in [1.54, 1.807) is 48.5 Å². The van der Waals surface area contributed by atoms with Crippen LogP contribution in [0.25, 0.3) is 33.4 Å². The summed E-state index contributed by atoms with van der Waals surface area (Å²) in [6, 6.07) is 32.3. The second-order valence-corrected chi connectivity index (χ2v) is 15.7. The molecule has 0 aromatic heterocycles. The molecule has 66 heavy (non-hydrogen) atoms. The summed E-state index contributed by atoms with van der Waals surface area (Å²) in [4.78, 5) is 71.2. The van der Waals surface area contributed by atoms with E-state index >= 15 is 0 Å². The van der Waals surface area contributed by atoms with Crippen molar-refractivity contribution in [2.75, 3.05) is 46.4 Å². The molecule has 0 saturated carbocycles. The number of ether oxygens (including phenoxy) is 2. The molecule has 4 bridgehead atoms. The molecule has 1 aliphatic rings. The second-order valence-electron chi connectivity index (χ2n) is 15.7. The van der Waals surface area contributed by atoms with Gasteiger partial charge in [0.25, 0.3) is 5.91 Å². The first-order valence-electron chi connectivity index (χ1n) is 21.7. The SMILES string of the molecule is C[C@@H]1NC(=O)[C@@H](N(C)C(=O)[C@H](CCN)NC(=O)c2ccc(-c3ccc(-c4ccccc4)cc3)cc2)c2ccc(OCCN)c(c2)-c2cc(ccc2OCCN)C[C@@H](C(=O)NCC#N)NC1=O. The maximum absolute atomic E-state index is 14.6. The van der Waals surface area contributed by atoms with Gasteiger partial charge in [-0.15, -0.1) is 0 Å². The third kappa shape index (κ3) is 11.8. The topological polar surface area (TPSA) is 257 Å². The minimum atomic E-state index is -1.38. The van der Waals surface area contributed by atoms with Gasteiger partial charge in [-0.25, -0.2) is 0 Å². The highest BCUT2D eigenvalue weighted by molar-refractivity contribution is 5.99. The van der Waals surface area contributed by atoms with Crippen molar-refractivity contribution in [3.8, 4) is 50.9 Å². The Hall–Kier alpha value is -7.58. The van der Waals surface area contributed by atoms with E-state index in [2.05, 4.69) is 21.3 Å². The van der Waals surface area contributed by atoms with Crippen LogP contribution < -0.4 is 47.9 Å². The van der Waals surface area contributed by atoms with Crippen molar-refractivity contribution in [3.63, 3.8) is 0 Å². The summed E-state index contributed by atoms with van der Waals surface area (Å²) in [7, 11) is 1.43. The number of carbonyl (C=O) groups excluding carboxylic acids is 5. The average molecular weight is 894 g/mol. The van der Waals surface area contributed by atoms with Gasteiger partial charge >= 0.3 is 0 Å². The molecule has 5 amide bonds.